The van der Waals surface area contributed by atoms with E-state index in [1.54, 1.807) is 0 Å². The number of para-hydroxylation sites is 1. The molecule has 106 valence electrons. The molecule has 3 rings (SSSR count). The lowest BCUT2D eigenvalue weighted by molar-refractivity contribution is 0.880. The van der Waals surface area contributed by atoms with Gasteiger partial charge in [0, 0.05) is 28.5 Å². The van der Waals surface area contributed by atoms with Crippen molar-refractivity contribution < 1.29 is 0 Å². The zero-order chi connectivity index (χ0) is 14.7. The number of hydrogen-bond acceptors (Lipinski definition) is 2. The zero-order valence-corrected chi connectivity index (χ0v) is 13.3. The Morgan fingerprint density at radius 1 is 1.10 bits per heavy atom. The Morgan fingerprint density at radius 2 is 1.90 bits per heavy atom. The van der Waals surface area contributed by atoms with Gasteiger partial charge in [0.05, 0.1) is 11.9 Å². The van der Waals surface area contributed by atoms with Crippen LogP contribution in [0.3, 0.4) is 0 Å². The highest BCUT2D eigenvalue weighted by Crippen LogP contribution is 2.26. The molecule has 0 aliphatic heterocycles. The van der Waals surface area contributed by atoms with Gasteiger partial charge >= 0.3 is 0 Å². The summed E-state index contributed by atoms with van der Waals surface area (Å²) in [4.78, 5) is 0. The standard InChI is InChI=1S/C17H16BrN3/c1-13-6-5-9-16(17(13)18)19-10-14-11-20-21(12-14)15-7-3-2-4-8-15/h2-9,11-12,19H,10H2,1H3. The molecule has 0 spiro atoms. The van der Waals surface area contributed by atoms with Crippen molar-refractivity contribution in [1.82, 2.24) is 9.78 Å². The van der Waals surface area contributed by atoms with Crippen molar-refractivity contribution >= 4 is 21.6 Å². The number of rotatable bonds is 4. The van der Waals surface area contributed by atoms with Crippen LogP contribution in [0.5, 0.6) is 0 Å². The van der Waals surface area contributed by atoms with Crippen LogP contribution in [0.4, 0.5) is 5.69 Å². The van der Waals surface area contributed by atoms with E-state index in [0.717, 1.165) is 28.0 Å². The largest absolute Gasteiger partial charge is 0.380 e. The summed E-state index contributed by atoms with van der Waals surface area (Å²) in [7, 11) is 0. The van der Waals surface area contributed by atoms with Crippen LogP contribution in [0.1, 0.15) is 11.1 Å². The fourth-order valence-electron chi connectivity index (χ4n) is 2.15. The molecule has 3 aromatic rings. The van der Waals surface area contributed by atoms with E-state index >= 15 is 0 Å². The monoisotopic (exact) mass is 341 g/mol. The second-order valence-electron chi connectivity index (χ2n) is 4.92. The molecule has 0 unspecified atom stereocenters. The topological polar surface area (TPSA) is 29.9 Å². The molecule has 0 bridgehead atoms. The number of halogens is 1. The van der Waals surface area contributed by atoms with Gasteiger partial charge in [-0.1, -0.05) is 30.3 Å². The Morgan fingerprint density at radius 3 is 2.71 bits per heavy atom. The summed E-state index contributed by atoms with van der Waals surface area (Å²) < 4.78 is 3.00. The average Bonchev–Trinajstić information content (AvgIpc) is 2.99. The van der Waals surface area contributed by atoms with Crippen LogP contribution in [0.2, 0.25) is 0 Å². The maximum Gasteiger partial charge on any atom is 0.0645 e. The minimum absolute atomic E-state index is 0.745. The number of aryl methyl sites for hydroxylation is 1. The van der Waals surface area contributed by atoms with E-state index in [2.05, 4.69) is 51.5 Å². The van der Waals surface area contributed by atoms with Gasteiger partial charge in [-0.3, -0.25) is 0 Å². The highest BCUT2D eigenvalue weighted by Gasteiger charge is 2.04. The van der Waals surface area contributed by atoms with Gasteiger partial charge < -0.3 is 5.32 Å². The van der Waals surface area contributed by atoms with Crippen molar-refractivity contribution in [3.05, 3.63) is 76.5 Å². The minimum atomic E-state index is 0.745. The van der Waals surface area contributed by atoms with Crippen LogP contribution >= 0.6 is 15.9 Å². The molecule has 0 amide bonds. The van der Waals surface area contributed by atoms with Gasteiger partial charge in [0.2, 0.25) is 0 Å². The minimum Gasteiger partial charge on any atom is -0.380 e. The van der Waals surface area contributed by atoms with Crippen molar-refractivity contribution in [3.63, 3.8) is 0 Å². The molecule has 3 nitrogen and oxygen atoms in total. The Bertz CT molecular complexity index is 735. The van der Waals surface area contributed by atoms with Gasteiger partial charge in [-0.05, 0) is 46.6 Å². The number of anilines is 1. The first kappa shape index (κ1) is 13.9. The van der Waals surface area contributed by atoms with Crippen molar-refractivity contribution in [1.29, 1.82) is 0 Å². The molecule has 0 saturated carbocycles. The van der Waals surface area contributed by atoms with Crippen LogP contribution in [-0.2, 0) is 6.54 Å². The SMILES string of the molecule is Cc1cccc(NCc2cnn(-c3ccccc3)c2)c1Br. The number of benzene rings is 2. The average molecular weight is 342 g/mol. The molecule has 0 aliphatic carbocycles. The van der Waals surface area contributed by atoms with Gasteiger partial charge in [-0.25, -0.2) is 4.68 Å². The Kier molecular flexibility index (Phi) is 4.06. The van der Waals surface area contributed by atoms with Crippen molar-refractivity contribution in [2.45, 2.75) is 13.5 Å². The lowest BCUT2D eigenvalue weighted by Crippen LogP contribution is -2.00. The van der Waals surface area contributed by atoms with Crippen LogP contribution in [-0.4, -0.2) is 9.78 Å². The maximum absolute atomic E-state index is 4.40. The summed E-state index contributed by atoms with van der Waals surface area (Å²) in [5.41, 5.74) is 4.54. The third-order valence-corrected chi connectivity index (χ3v) is 4.38. The highest BCUT2D eigenvalue weighted by molar-refractivity contribution is 9.10. The number of nitrogens with zero attached hydrogens (tertiary/aromatic N) is 2. The first-order chi connectivity index (χ1) is 10.2. The molecule has 1 heterocycles. The van der Waals surface area contributed by atoms with E-state index in [0.29, 0.717) is 0 Å². The first-order valence-corrected chi connectivity index (χ1v) is 7.61. The third kappa shape index (κ3) is 3.16. The first-order valence-electron chi connectivity index (χ1n) is 6.82. The summed E-state index contributed by atoms with van der Waals surface area (Å²) in [5, 5.41) is 7.84. The number of nitrogens with one attached hydrogen (secondary N) is 1. The molecular formula is C17H16BrN3. The van der Waals surface area contributed by atoms with E-state index in [9.17, 15) is 0 Å². The molecule has 1 N–H and O–H groups in total. The third-order valence-electron chi connectivity index (χ3n) is 3.33. The van der Waals surface area contributed by atoms with E-state index in [1.165, 1.54) is 5.56 Å². The van der Waals surface area contributed by atoms with Gasteiger partial charge in [0.1, 0.15) is 0 Å². The Hall–Kier alpha value is -2.07. The summed E-state index contributed by atoms with van der Waals surface area (Å²) in [6.07, 6.45) is 3.94. The van der Waals surface area contributed by atoms with Crippen LogP contribution in [0.15, 0.2) is 65.4 Å². The van der Waals surface area contributed by atoms with E-state index in [4.69, 9.17) is 0 Å². The van der Waals surface area contributed by atoms with Crippen LogP contribution in [0, 0.1) is 6.92 Å². The van der Waals surface area contributed by atoms with Crippen molar-refractivity contribution in [2.75, 3.05) is 5.32 Å². The molecule has 0 atom stereocenters. The molecule has 0 aliphatic rings. The van der Waals surface area contributed by atoms with Gasteiger partial charge in [0.15, 0.2) is 0 Å². The Labute approximate surface area is 132 Å². The quantitative estimate of drug-likeness (QED) is 0.754. The lowest BCUT2D eigenvalue weighted by atomic mass is 10.2. The summed E-state index contributed by atoms with van der Waals surface area (Å²) >= 11 is 3.61. The van der Waals surface area contributed by atoms with E-state index in [-0.39, 0.29) is 0 Å². The predicted molar refractivity (Wildman–Crippen MR) is 89.8 cm³/mol. The van der Waals surface area contributed by atoms with Gasteiger partial charge in [0.25, 0.3) is 0 Å². The van der Waals surface area contributed by atoms with Gasteiger partial charge in [-0.15, -0.1) is 0 Å². The fraction of sp³-hybridized carbons (Fsp3) is 0.118. The lowest BCUT2D eigenvalue weighted by Gasteiger charge is -2.09. The summed E-state index contributed by atoms with van der Waals surface area (Å²) in [5.74, 6) is 0. The molecule has 0 fully saturated rings. The molecule has 0 saturated heterocycles. The smallest absolute Gasteiger partial charge is 0.0645 e. The maximum atomic E-state index is 4.40. The van der Waals surface area contributed by atoms with E-state index in [1.807, 2.05) is 47.4 Å². The van der Waals surface area contributed by atoms with Gasteiger partial charge in [-0.2, -0.15) is 5.10 Å². The van der Waals surface area contributed by atoms with Crippen LogP contribution < -0.4 is 5.32 Å². The van der Waals surface area contributed by atoms with Crippen molar-refractivity contribution in [3.8, 4) is 5.69 Å². The fourth-order valence-corrected chi connectivity index (χ4v) is 2.56. The molecule has 21 heavy (non-hydrogen) atoms. The molecular weight excluding hydrogens is 326 g/mol. The van der Waals surface area contributed by atoms with Crippen LogP contribution in [0.25, 0.3) is 5.69 Å². The predicted octanol–water partition coefficient (Wildman–Crippen LogP) is 4.56. The molecule has 0 radical (unpaired) electrons. The normalized spacial score (nSPS) is 10.6. The van der Waals surface area contributed by atoms with Crippen molar-refractivity contribution in [2.24, 2.45) is 0 Å². The second-order valence-corrected chi connectivity index (χ2v) is 5.71. The molecule has 1 aromatic heterocycles. The molecule has 2 aromatic carbocycles. The molecule has 4 heteroatoms. The van der Waals surface area contributed by atoms with E-state index < -0.39 is 0 Å². The Balaban J connectivity index is 1.72. The number of aromatic nitrogens is 2. The second kappa shape index (κ2) is 6.14. The zero-order valence-electron chi connectivity index (χ0n) is 11.8. The highest BCUT2D eigenvalue weighted by atomic mass is 79.9. The summed E-state index contributed by atoms with van der Waals surface area (Å²) in [6.45, 7) is 2.83. The summed E-state index contributed by atoms with van der Waals surface area (Å²) in [6, 6.07) is 16.3. The number of hydrogen-bond donors (Lipinski definition) is 1.